The Hall–Kier alpha value is -1.63. The molecule has 5 nitrogen and oxygen atoms in total. The number of anilines is 1. The van der Waals surface area contributed by atoms with E-state index in [-0.39, 0.29) is 17.7 Å². The fourth-order valence-electron chi connectivity index (χ4n) is 3.13. The molecule has 1 spiro atoms. The fourth-order valence-corrected chi connectivity index (χ4v) is 3.47. The molecule has 1 fully saturated rings. The minimum absolute atomic E-state index is 0.170. The molecule has 0 saturated heterocycles. The minimum Gasteiger partial charge on any atom is -0.369 e. The molecule has 1 aliphatic heterocycles. The minimum atomic E-state index is -0.608. The van der Waals surface area contributed by atoms with Crippen molar-refractivity contribution in [2.75, 3.05) is 4.90 Å². The summed E-state index contributed by atoms with van der Waals surface area (Å²) in [6.45, 7) is 0. The lowest BCUT2D eigenvalue weighted by atomic mass is 9.87. The first-order valence-corrected chi connectivity index (χ1v) is 7.76. The van der Waals surface area contributed by atoms with Gasteiger partial charge in [0.15, 0.2) is 0 Å². The Labute approximate surface area is 131 Å². The Morgan fingerprint density at radius 1 is 1.19 bits per heavy atom. The summed E-state index contributed by atoms with van der Waals surface area (Å²) in [7, 11) is 0. The maximum absolute atomic E-state index is 14.4. The van der Waals surface area contributed by atoms with Crippen molar-refractivity contribution in [3.63, 3.8) is 0 Å². The van der Waals surface area contributed by atoms with Crippen LogP contribution in [-0.2, 0) is 0 Å². The Balaban J connectivity index is 2.10. The standard InChI is InChI=1S/C14H17BrFN5/c15-9-4-5-11(10(16)8-9)21-13(18)19-12(17)20-14(21)6-2-1-3-7-14/h4-5,8H,1-3,6-7H2,(H4,17,18,19,20). The lowest BCUT2D eigenvalue weighted by Gasteiger charge is -2.45. The summed E-state index contributed by atoms with van der Waals surface area (Å²) in [5, 5.41) is 0. The number of hydrogen-bond donors (Lipinski definition) is 2. The molecule has 0 unspecified atom stereocenters. The first kappa shape index (κ1) is 14.3. The maximum Gasteiger partial charge on any atom is 0.220 e. The number of rotatable bonds is 1. The molecule has 21 heavy (non-hydrogen) atoms. The third kappa shape index (κ3) is 2.50. The van der Waals surface area contributed by atoms with Gasteiger partial charge in [0.2, 0.25) is 11.9 Å². The molecule has 1 aromatic carbocycles. The van der Waals surface area contributed by atoms with Crippen LogP contribution in [0.1, 0.15) is 32.1 Å². The van der Waals surface area contributed by atoms with Crippen LogP contribution in [0.3, 0.4) is 0 Å². The van der Waals surface area contributed by atoms with E-state index in [0.717, 1.165) is 32.1 Å². The van der Waals surface area contributed by atoms with Crippen molar-refractivity contribution in [3.05, 3.63) is 28.5 Å². The molecule has 1 saturated carbocycles. The molecule has 0 aromatic heterocycles. The van der Waals surface area contributed by atoms with Crippen molar-refractivity contribution in [2.45, 2.75) is 37.8 Å². The van der Waals surface area contributed by atoms with Gasteiger partial charge in [-0.25, -0.2) is 9.38 Å². The van der Waals surface area contributed by atoms with Crippen LogP contribution in [0.4, 0.5) is 10.1 Å². The van der Waals surface area contributed by atoms with E-state index in [2.05, 4.69) is 25.9 Å². The number of benzene rings is 1. The van der Waals surface area contributed by atoms with Gasteiger partial charge >= 0.3 is 0 Å². The van der Waals surface area contributed by atoms with Gasteiger partial charge in [0.25, 0.3) is 0 Å². The van der Waals surface area contributed by atoms with E-state index in [0.29, 0.717) is 10.2 Å². The molecule has 2 aliphatic rings. The van der Waals surface area contributed by atoms with Crippen molar-refractivity contribution >= 4 is 33.5 Å². The molecule has 0 atom stereocenters. The third-order valence-electron chi connectivity index (χ3n) is 4.00. The average molecular weight is 354 g/mol. The predicted octanol–water partition coefficient (Wildman–Crippen LogP) is 2.70. The molecule has 1 aromatic rings. The summed E-state index contributed by atoms with van der Waals surface area (Å²) < 4.78 is 15.1. The Bertz CT molecular complexity index is 622. The number of guanidine groups is 2. The van der Waals surface area contributed by atoms with Crippen molar-refractivity contribution in [3.8, 4) is 0 Å². The normalized spacial score (nSPS) is 21.1. The summed E-state index contributed by atoms with van der Waals surface area (Å²) in [5.74, 6) is 0.0111. The van der Waals surface area contributed by atoms with Crippen molar-refractivity contribution in [1.29, 1.82) is 0 Å². The summed E-state index contributed by atoms with van der Waals surface area (Å²) in [5.41, 5.74) is 11.6. The third-order valence-corrected chi connectivity index (χ3v) is 4.50. The smallest absolute Gasteiger partial charge is 0.220 e. The van der Waals surface area contributed by atoms with Crippen molar-refractivity contribution in [1.82, 2.24) is 0 Å². The summed E-state index contributed by atoms with van der Waals surface area (Å²) >= 11 is 3.26. The van der Waals surface area contributed by atoms with Gasteiger partial charge in [0.1, 0.15) is 11.5 Å². The molecule has 4 N–H and O–H groups in total. The highest BCUT2D eigenvalue weighted by atomic mass is 79.9. The van der Waals surface area contributed by atoms with Gasteiger partial charge < -0.3 is 11.5 Å². The highest BCUT2D eigenvalue weighted by Gasteiger charge is 2.43. The van der Waals surface area contributed by atoms with E-state index in [4.69, 9.17) is 11.5 Å². The molecular weight excluding hydrogens is 337 g/mol. The highest BCUT2D eigenvalue weighted by molar-refractivity contribution is 9.10. The van der Waals surface area contributed by atoms with Crippen molar-refractivity contribution in [2.24, 2.45) is 21.5 Å². The van der Waals surface area contributed by atoms with E-state index in [9.17, 15) is 4.39 Å². The summed E-state index contributed by atoms with van der Waals surface area (Å²) in [6.07, 6.45) is 4.75. The van der Waals surface area contributed by atoms with Gasteiger partial charge in [-0.2, -0.15) is 4.99 Å². The van der Waals surface area contributed by atoms with Gasteiger partial charge in [0.05, 0.1) is 5.69 Å². The number of hydrogen-bond acceptors (Lipinski definition) is 5. The zero-order valence-corrected chi connectivity index (χ0v) is 13.1. The Morgan fingerprint density at radius 2 is 1.90 bits per heavy atom. The van der Waals surface area contributed by atoms with E-state index >= 15 is 0 Å². The lowest BCUT2D eigenvalue weighted by Crippen LogP contribution is -2.58. The van der Waals surface area contributed by atoms with E-state index in [1.165, 1.54) is 6.07 Å². The monoisotopic (exact) mass is 353 g/mol. The van der Waals surface area contributed by atoms with Gasteiger partial charge in [-0.15, -0.1) is 0 Å². The molecule has 0 radical (unpaired) electrons. The molecular formula is C14H17BrFN5. The largest absolute Gasteiger partial charge is 0.369 e. The van der Waals surface area contributed by atoms with E-state index in [1.54, 1.807) is 17.0 Å². The van der Waals surface area contributed by atoms with Crippen LogP contribution in [0.2, 0.25) is 0 Å². The van der Waals surface area contributed by atoms with Crippen LogP contribution >= 0.6 is 15.9 Å². The molecule has 3 rings (SSSR count). The average Bonchev–Trinajstić information content (AvgIpc) is 2.41. The Kier molecular flexibility index (Phi) is 3.61. The number of nitrogens with two attached hydrogens (primary N) is 2. The van der Waals surface area contributed by atoms with Gasteiger partial charge in [-0.1, -0.05) is 22.4 Å². The topological polar surface area (TPSA) is 80.0 Å². The predicted molar refractivity (Wildman–Crippen MR) is 85.6 cm³/mol. The molecule has 112 valence electrons. The number of halogens is 2. The first-order valence-electron chi connectivity index (χ1n) is 6.97. The van der Waals surface area contributed by atoms with Crippen LogP contribution < -0.4 is 16.4 Å². The highest BCUT2D eigenvalue weighted by Crippen LogP contribution is 2.40. The summed E-state index contributed by atoms with van der Waals surface area (Å²) in [4.78, 5) is 10.2. The molecule has 7 heteroatoms. The zero-order valence-electron chi connectivity index (χ0n) is 11.5. The van der Waals surface area contributed by atoms with Crippen LogP contribution in [0.15, 0.2) is 32.7 Å². The second-order valence-corrected chi connectivity index (χ2v) is 6.33. The number of nitrogens with zero attached hydrogens (tertiary/aromatic N) is 3. The van der Waals surface area contributed by atoms with Gasteiger partial charge in [-0.05, 0) is 43.9 Å². The van der Waals surface area contributed by atoms with Gasteiger partial charge in [0, 0.05) is 4.47 Å². The lowest BCUT2D eigenvalue weighted by molar-refractivity contribution is 0.304. The second-order valence-electron chi connectivity index (χ2n) is 5.41. The van der Waals surface area contributed by atoms with Crippen molar-refractivity contribution < 1.29 is 4.39 Å². The molecule has 1 aliphatic carbocycles. The molecule has 0 amide bonds. The Morgan fingerprint density at radius 3 is 2.57 bits per heavy atom. The van der Waals surface area contributed by atoms with E-state index < -0.39 is 5.66 Å². The van der Waals surface area contributed by atoms with Crippen LogP contribution in [0.25, 0.3) is 0 Å². The van der Waals surface area contributed by atoms with Crippen LogP contribution in [-0.4, -0.2) is 17.6 Å². The summed E-state index contributed by atoms with van der Waals surface area (Å²) in [6, 6.07) is 4.89. The van der Waals surface area contributed by atoms with E-state index in [1.807, 2.05) is 0 Å². The quantitative estimate of drug-likeness (QED) is 0.814. The maximum atomic E-state index is 14.4. The second kappa shape index (κ2) is 5.29. The molecule has 1 heterocycles. The van der Waals surface area contributed by atoms with Crippen LogP contribution in [0.5, 0.6) is 0 Å². The van der Waals surface area contributed by atoms with Crippen LogP contribution in [0, 0.1) is 5.82 Å². The SMILES string of the molecule is NC1=NC2(CCCCC2)N(c2ccc(Br)cc2F)C(N)=N1. The zero-order chi connectivity index (χ0) is 15.0. The number of aliphatic imine (C=N–C) groups is 2. The molecule has 0 bridgehead atoms. The fraction of sp³-hybridized carbons (Fsp3) is 0.429. The first-order chi connectivity index (χ1) is 10.0. The van der Waals surface area contributed by atoms with Gasteiger partial charge in [-0.3, -0.25) is 4.90 Å².